The van der Waals surface area contributed by atoms with Gasteiger partial charge in [-0.05, 0) is 48.0 Å². The van der Waals surface area contributed by atoms with Gasteiger partial charge in [-0.2, -0.15) is 13.2 Å². The van der Waals surface area contributed by atoms with Crippen LogP contribution in [-0.4, -0.2) is 50.6 Å². The molecule has 204 valence electrons. The highest BCUT2D eigenvalue weighted by Gasteiger charge is 2.33. The summed E-state index contributed by atoms with van der Waals surface area (Å²) in [6.07, 6.45) is -2.87. The molecule has 2 aromatic heterocycles. The van der Waals surface area contributed by atoms with Crippen LogP contribution in [0, 0.1) is 0 Å². The number of alkyl halides is 3. The van der Waals surface area contributed by atoms with E-state index in [4.69, 9.17) is 28.2 Å². The Morgan fingerprint density at radius 1 is 0.800 bits per heavy atom. The Morgan fingerprint density at radius 2 is 1.50 bits per heavy atom. The van der Waals surface area contributed by atoms with Gasteiger partial charge in [0, 0.05) is 49.0 Å². The van der Waals surface area contributed by atoms with Gasteiger partial charge in [0.1, 0.15) is 12.2 Å². The molecule has 1 aliphatic heterocycles. The van der Waals surface area contributed by atoms with Gasteiger partial charge in [-0.25, -0.2) is 15.0 Å². The number of hydrogen-bond donors (Lipinski definition) is 0. The lowest BCUT2D eigenvalue weighted by molar-refractivity contribution is -0.138. The lowest BCUT2D eigenvalue weighted by Crippen LogP contribution is -2.46. The van der Waals surface area contributed by atoms with Gasteiger partial charge in [0.05, 0.1) is 10.6 Å². The highest BCUT2D eigenvalue weighted by Crippen LogP contribution is 2.36. The molecule has 1 aliphatic rings. The molecule has 40 heavy (non-hydrogen) atoms. The fraction of sp³-hybridized carbons (Fsp3) is 0.207. The fourth-order valence-electron chi connectivity index (χ4n) is 5.06. The van der Waals surface area contributed by atoms with E-state index < -0.39 is 11.7 Å². The summed E-state index contributed by atoms with van der Waals surface area (Å²) in [6.45, 7) is 2.54. The first kappa shape index (κ1) is 26.6. The monoisotopic (exact) mass is 582 g/mol. The molecule has 1 saturated heterocycles. The molecule has 1 fully saturated rings. The number of anilines is 1. The summed E-state index contributed by atoms with van der Waals surface area (Å²) >= 11 is 12.7. The molecule has 6 rings (SSSR count). The van der Waals surface area contributed by atoms with Crippen LogP contribution in [0.5, 0.6) is 0 Å². The highest BCUT2D eigenvalue weighted by molar-refractivity contribution is 6.33. The van der Waals surface area contributed by atoms with E-state index in [1.807, 2.05) is 45.9 Å². The van der Waals surface area contributed by atoms with Crippen molar-refractivity contribution in [2.24, 2.45) is 0 Å². The quantitative estimate of drug-likeness (QED) is 0.220. The number of fused-ring (bicyclic) bond motifs is 1. The molecule has 0 amide bonds. The lowest BCUT2D eigenvalue weighted by atomic mass is 10.1. The number of piperazine rings is 1. The van der Waals surface area contributed by atoms with E-state index in [1.165, 1.54) is 12.4 Å². The molecule has 3 heterocycles. The van der Waals surface area contributed by atoms with Gasteiger partial charge < -0.3 is 4.90 Å². The average molecular weight is 583 g/mol. The van der Waals surface area contributed by atoms with Crippen LogP contribution in [-0.2, 0) is 12.7 Å². The van der Waals surface area contributed by atoms with Crippen molar-refractivity contribution in [3.63, 3.8) is 0 Å². The summed E-state index contributed by atoms with van der Waals surface area (Å²) in [5, 5.41) is 1.16. The normalized spacial score (nSPS) is 14.7. The minimum Gasteiger partial charge on any atom is -0.352 e. The lowest BCUT2D eigenvalue weighted by Gasteiger charge is -2.35. The number of halogens is 5. The van der Waals surface area contributed by atoms with Crippen LogP contribution >= 0.6 is 23.2 Å². The maximum Gasteiger partial charge on any atom is 0.416 e. The van der Waals surface area contributed by atoms with Crippen molar-refractivity contribution in [2.45, 2.75) is 12.7 Å². The SMILES string of the molecule is FC(F)(F)c1ccccc1CN1CCN(c2ncnc3c2nc(-c2ccccc2Cl)n3-c2ccc(Cl)cc2)CC1. The second kappa shape index (κ2) is 10.7. The first-order valence-corrected chi connectivity index (χ1v) is 13.4. The number of hydrogen-bond acceptors (Lipinski definition) is 5. The van der Waals surface area contributed by atoms with Crippen molar-refractivity contribution in [1.29, 1.82) is 0 Å². The predicted octanol–water partition coefficient (Wildman–Crippen LogP) is 7.13. The summed E-state index contributed by atoms with van der Waals surface area (Å²) in [5.74, 6) is 1.29. The molecule has 6 nitrogen and oxygen atoms in total. The number of nitrogens with zero attached hydrogens (tertiary/aromatic N) is 6. The van der Waals surface area contributed by atoms with Crippen LogP contribution in [0.4, 0.5) is 19.0 Å². The predicted molar refractivity (Wildman–Crippen MR) is 151 cm³/mol. The van der Waals surface area contributed by atoms with Gasteiger partial charge in [0.2, 0.25) is 0 Å². The zero-order chi connectivity index (χ0) is 27.9. The zero-order valence-electron chi connectivity index (χ0n) is 21.1. The number of imidazole rings is 1. The summed E-state index contributed by atoms with van der Waals surface area (Å²) in [7, 11) is 0. The molecular weight excluding hydrogens is 560 g/mol. The molecular formula is C29H23Cl2F3N6. The van der Waals surface area contributed by atoms with E-state index in [0.29, 0.717) is 59.0 Å². The minimum absolute atomic E-state index is 0.227. The fourth-order valence-corrected chi connectivity index (χ4v) is 5.41. The highest BCUT2D eigenvalue weighted by atomic mass is 35.5. The second-order valence-electron chi connectivity index (χ2n) is 9.51. The largest absolute Gasteiger partial charge is 0.416 e. The summed E-state index contributed by atoms with van der Waals surface area (Å²) < 4.78 is 42.4. The van der Waals surface area contributed by atoms with Crippen LogP contribution in [0.25, 0.3) is 28.2 Å². The standard InChI is InChI=1S/C29H23Cl2F3N6/c30-20-9-11-21(12-10-20)40-26(22-6-2-4-8-24(22)31)37-25-27(35-18-36-28(25)40)39-15-13-38(14-16-39)17-19-5-1-3-7-23(19)29(32,33)34/h1-12,18H,13-17H2. The molecule has 0 saturated carbocycles. The Balaban J connectivity index is 1.33. The van der Waals surface area contributed by atoms with Gasteiger partial charge in [-0.15, -0.1) is 0 Å². The Hall–Kier alpha value is -3.66. The maximum absolute atomic E-state index is 13.5. The Labute approximate surface area is 238 Å². The molecule has 0 bridgehead atoms. The van der Waals surface area contributed by atoms with Gasteiger partial charge in [-0.1, -0.05) is 53.5 Å². The van der Waals surface area contributed by atoms with Crippen molar-refractivity contribution in [3.05, 3.63) is 100 Å². The van der Waals surface area contributed by atoms with Crippen LogP contribution in [0.2, 0.25) is 10.0 Å². The first-order chi connectivity index (χ1) is 19.3. The minimum atomic E-state index is -4.38. The number of aromatic nitrogens is 4. The van der Waals surface area contributed by atoms with Gasteiger partial charge in [0.15, 0.2) is 17.0 Å². The summed E-state index contributed by atoms with van der Waals surface area (Å²) in [6, 6.07) is 20.6. The summed E-state index contributed by atoms with van der Waals surface area (Å²) in [5.41, 5.74) is 2.48. The first-order valence-electron chi connectivity index (χ1n) is 12.7. The average Bonchev–Trinajstić information content (AvgIpc) is 3.33. The third-order valence-corrected chi connectivity index (χ3v) is 7.59. The molecule has 11 heteroatoms. The van der Waals surface area contributed by atoms with E-state index in [-0.39, 0.29) is 12.1 Å². The van der Waals surface area contributed by atoms with Crippen LogP contribution in [0.1, 0.15) is 11.1 Å². The van der Waals surface area contributed by atoms with Crippen molar-refractivity contribution < 1.29 is 13.2 Å². The van der Waals surface area contributed by atoms with E-state index >= 15 is 0 Å². The third-order valence-electron chi connectivity index (χ3n) is 7.01. The van der Waals surface area contributed by atoms with Crippen molar-refractivity contribution in [2.75, 3.05) is 31.1 Å². The maximum atomic E-state index is 13.5. The molecule has 0 unspecified atom stereocenters. The van der Waals surface area contributed by atoms with E-state index in [1.54, 1.807) is 24.3 Å². The molecule has 0 aliphatic carbocycles. The van der Waals surface area contributed by atoms with Crippen LogP contribution < -0.4 is 4.90 Å². The van der Waals surface area contributed by atoms with E-state index in [2.05, 4.69) is 14.9 Å². The van der Waals surface area contributed by atoms with Crippen molar-refractivity contribution in [1.82, 2.24) is 24.4 Å². The smallest absolute Gasteiger partial charge is 0.352 e. The third kappa shape index (κ3) is 5.12. The van der Waals surface area contributed by atoms with Gasteiger partial charge in [-0.3, -0.25) is 9.47 Å². The topological polar surface area (TPSA) is 50.1 Å². The van der Waals surface area contributed by atoms with Gasteiger partial charge in [0.25, 0.3) is 0 Å². The van der Waals surface area contributed by atoms with Crippen molar-refractivity contribution >= 4 is 40.2 Å². The number of benzene rings is 3. The van der Waals surface area contributed by atoms with Crippen molar-refractivity contribution in [3.8, 4) is 17.1 Å². The second-order valence-corrected chi connectivity index (χ2v) is 10.4. The molecule has 0 atom stereocenters. The Bertz CT molecular complexity index is 1660. The Morgan fingerprint density at radius 3 is 2.23 bits per heavy atom. The van der Waals surface area contributed by atoms with E-state index in [9.17, 15) is 13.2 Å². The zero-order valence-corrected chi connectivity index (χ0v) is 22.6. The molecule has 5 aromatic rings. The summed E-state index contributed by atoms with van der Waals surface area (Å²) in [4.78, 5) is 18.3. The molecule has 3 aromatic carbocycles. The molecule has 0 N–H and O–H groups in total. The Kier molecular flexibility index (Phi) is 7.12. The van der Waals surface area contributed by atoms with Gasteiger partial charge >= 0.3 is 6.18 Å². The van der Waals surface area contributed by atoms with Crippen LogP contribution in [0.15, 0.2) is 79.1 Å². The number of rotatable bonds is 5. The molecule has 0 spiro atoms. The van der Waals surface area contributed by atoms with Crippen LogP contribution in [0.3, 0.4) is 0 Å². The molecule has 0 radical (unpaired) electrons. The van der Waals surface area contributed by atoms with E-state index in [0.717, 1.165) is 17.3 Å².